The number of hydrogen-bond donors (Lipinski definition) is 2. The van der Waals surface area contributed by atoms with Crippen LogP contribution in [-0.4, -0.2) is 34.9 Å². The van der Waals surface area contributed by atoms with Gasteiger partial charge in [0.25, 0.3) is 0 Å². The summed E-state index contributed by atoms with van der Waals surface area (Å²) in [6.45, 7) is 1.32. The lowest BCUT2D eigenvalue weighted by molar-refractivity contribution is -0.00820. The molecule has 0 atom stereocenters. The van der Waals surface area contributed by atoms with Crippen LogP contribution in [0, 0.1) is 5.82 Å². The summed E-state index contributed by atoms with van der Waals surface area (Å²) >= 11 is 1.72. The number of benzene rings is 2. The van der Waals surface area contributed by atoms with Crippen LogP contribution in [0.1, 0.15) is 24.1 Å². The summed E-state index contributed by atoms with van der Waals surface area (Å²) in [5.41, 5.74) is 2.87. The Labute approximate surface area is 194 Å². The first-order chi connectivity index (χ1) is 16.1. The highest BCUT2D eigenvalue weighted by Crippen LogP contribution is 2.44. The van der Waals surface area contributed by atoms with Crippen molar-refractivity contribution in [1.29, 1.82) is 0 Å². The Balaban J connectivity index is 1.28. The van der Waals surface area contributed by atoms with Gasteiger partial charge in [0.15, 0.2) is 0 Å². The highest BCUT2D eigenvalue weighted by Gasteiger charge is 2.44. The van der Waals surface area contributed by atoms with Crippen molar-refractivity contribution in [3.63, 3.8) is 0 Å². The molecule has 33 heavy (non-hydrogen) atoms. The molecule has 168 valence electrons. The fraction of sp³-hybridized carbons (Fsp3) is 0.292. The number of aromatic nitrogens is 2. The van der Waals surface area contributed by atoms with E-state index in [-0.39, 0.29) is 5.82 Å². The van der Waals surface area contributed by atoms with Crippen molar-refractivity contribution in [2.45, 2.75) is 29.8 Å². The average molecular weight is 464 g/mol. The van der Waals surface area contributed by atoms with Gasteiger partial charge in [0, 0.05) is 49.4 Å². The van der Waals surface area contributed by atoms with Crippen molar-refractivity contribution in [1.82, 2.24) is 9.97 Å². The molecule has 7 nitrogen and oxygen atoms in total. The standard InChI is InChI=1S/C24H22FN5O2S/c25-15-4-3-5-16(14-15)26-21-20-19(8-13-33-20)27-22(29-21)30-11-9-24(10-12-30)17-6-1-2-7-18(17)28-23(31)32-24/h1-7,14H,8-13H2,(H,28,31)(H,26,27,29). The lowest BCUT2D eigenvalue weighted by Crippen LogP contribution is -2.48. The van der Waals surface area contributed by atoms with Gasteiger partial charge in [-0.15, -0.1) is 11.8 Å². The van der Waals surface area contributed by atoms with Gasteiger partial charge >= 0.3 is 6.09 Å². The van der Waals surface area contributed by atoms with Gasteiger partial charge in [0.1, 0.15) is 17.2 Å². The quantitative estimate of drug-likeness (QED) is 0.562. The average Bonchev–Trinajstić information content (AvgIpc) is 3.29. The van der Waals surface area contributed by atoms with Gasteiger partial charge in [-0.2, -0.15) is 4.98 Å². The number of nitrogens with zero attached hydrogens (tertiary/aromatic N) is 3. The second kappa shape index (κ2) is 7.91. The van der Waals surface area contributed by atoms with Crippen LogP contribution in [0.2, 0.25) is 0 Å². The Kier molecular flexibility index (Phi) is 4.86. The molecule has 0 radical (unpaired) electrons. The highest BCUT2D eigenvalue weighted by molar-refractivity contribution is 7.99. The molecule has 0 saturated carbocycles. The zero-order valence-corrected chi connectivity index (χ0v) is 18.6. The molecule has 2 aromatic carbocycles. The molecule has 3 aliphatic heterocycles. The second-order valence-corrected chi connectivity index (χ2v) is 9.53. The van der Waals surface area contributed by atoms with Crippen LogP contribution in [0.4, 0.5) is 32.3 Å². The van der Waals surface area contributed by atoms with Crippen LogP contribution >= 0.6 is 11.8 Å². The predicted octanol–water partition coefficient (Wildman–Crippen LogP) is 5.07. The number of para-hydroxylation sites is 1. The number of rotatable bonds is 3. The van der Waals surface area contributed by atoms with Crippen LogP contribution in [0.3, 0.4) is 0 Å². The maximum absolute atomic E-state index is 13.7. The zero-order valence-electron chi connectivity index (χ0n) is 17.8. The summed E-state index contributed by atoms with van der Waals surface area (Å²) < 4.78 is 19.5. The SMILES string of the molecule is O=C1Nc2ccccc2C2(CCN(c3nc4c(c(Nc5cccc(F)c5)n3)SCC4)CC2)O1. The molecule has 2 N–H and O–H groups in total. The number of carbonyl (C=O) groups is 1. The van der Waals surface area contributed by atoms with E-state index in [2.05, 4.69) is 15.5 Å². The molecule has 4 heterocycles. The minimum absolute atomic E-state index is 0.295. The number of fused-ring (bicyclic) bond motifs is 3. The van der Waals surface area contributed by atoms with Crippen molar-refractivity contribution in [3.8, 4) is 0 Å². The van der Waals surface area contributed by atoms with Crippen LogP contribution in [0.5, 0.6) is 0 Å². The third-order valence-corrected chi connectivity index (χ3v) is 7.52. The number of hydrogen-bond acceptors (Lipinski definition) is 7. The summed E-state index contributed by atoms with van der Waals surface area (Å²) in [4.78, 5) is 25.1. The van der Waals surface area contributed by atoms with Gasteiger partial charge in [-0.3, -0.25) is 5.32 Å². The Hall–Kier alpha value is -3.33. The number of piperidine rings is 1. The van der Waals surface area contributed by atoms with Gasteiger partial charge in [-0.25, -0.2) is 14.2 Å². The first-order valence-electron chi connectivity index (χ1n) is 11.0. The Bertz CT molecular complexity index is 1250. The molecule has 0 aliphatic carbocycles. The van der Waals surface area contributed by atoms with E-state index < -0.39 is 11.7 Å². The van der Waals surface area contributed by atoms with Crippen molar-refractivity contribution < 1.29 is 13.9 Å². The summed E-state index contributed by atoms with van der Waals surface area (Å²) in [6.07, 6.45) is 1.77. The largest absolute Gasteiger partial charge is 0.438 e. The monoisotopic (exact) mass is 463 g/mol. The maximum atomic E-state index is 13.7. The highest BCUT2D eigenvalue weighted by atomic mass is 32.2. The molecule has 1 saturated heterocycles. The minimum Gasteiger partial charge on any atom is -0.438 e. The smallest absolute Gasteiger partial charge is 0.412 e. The molecular formula is C24H22FN5O2S. The zero-order chi connectivity index (χ0) is 22.4. The minimum atomic E-state index is -0.634. The molecule has 1 amide bonds. The lowest BCUT2D eigenvalue weighted by Gasteiger charge is -2.44. The van der Waals surface area contributed by atoms with Crippen LogP contribution in [0.25, 0.3) is 0 Å². The Morgan fingerprint density at radius 1 is 1.12 bits per heavy atom. The molecule has 3 aliphatic rings. The summed E-state index contributed by atoms with van der Waals surface area (Å²) in [7, 11) is 0. The Morgan fingerprint density at radius 2 is 1.97 bits per heavy atom. The van der Waals surface area contributed by atoms with Crippen LogP contribution in [0.15, 0.2) is 53.4 Å². The third-order valence-electron chi connectivity index (χ3n) is 6.39. The number of amides is 1. The second-order valence-electron chi connectivity index (χ2n) is 8.42. The van der Waals surface area contributed by atoms with Crippen molar-refractivity contribution in [2.75, 3.05) is 34.4 Å². The van der Waals surface area contributed by atoms with E-state index in [0.29, 0.717) is 43.4 Å². The van der Waals surface area contributed by atoms with E-state index in [4.69, 9.17) is 14.7 Å². The molecule has 3 aromatic rings. The summed E-state index contributed by atoms with van der Waals surface area (Å²) in [5.74, 6) is 2.02. The number of thioether (sulfide) groups is 1. The third kappa shape index (κ3) is 3.66. The van der Waals surface area contributed by atoms with E-state index in [0.717, 1.165) is 34.0 Å². The van der Waals surface area contributed by atoms with Gasteiger partial charge in [-0.05, 0) is 24.3 Å². The first-order valence-corrected chi connectivity index (χ1v) is 12.0. The van der Waals surface area contributed by atoms with Crippen molar-refractivity contribution >= 4 is 41.0 Å². The van der Waals surface area contributed by atoms with Gasteiger partial charge in [0.05, 0.1) is 16.3 Å². The van der Waals surface area contributed by atoms with E-state index >= 15 is 0 Å². The van der Waals surface area contributed by atoms with Crippen molar-refractivity contribution in [2.24, 2.45) is 0 Å². The van der Waals surface area contributed by atoms with Crippen molar-refractivity contribution in [3.05, 3.63) is 65.6 Å². The number of aryl methyl sites for hydroxylation is 1. The molecule has 1 spiro atoms. The number of anilines is 4. The van der Waals surface area contributed by atoms with E-state index in [1.54, 1.807) is 17.8 Å². The molecule has 1 fully saturated rings. The summed E-state index contributed by atoms with van der Waals surface area (Å²) in [5, 5.41) is 6.08. The van der Waals surface area contributed by atoms with Crippen LogP contribution < -0.4 is 15.5 Å². The number of halogens is 1. The van der Waals surface area contributed by atoms with E-state index in [9.17, 15) is 9.18 Å². The first kappa shape index (κ1) is 20.3. The maximum Gasteiger partial charge on any atom is 0.412 e. The summed E-state index contributed by atoms with van der Waals surface area (Å²) in [6, 6.07) is 14.2. The molecular weight excluding hydrogens is 441 g/mol. The van der Waals surface area contributed by atoms with E-state index in [1.807, 2.05) is 30.3 Å². The Morgan fingerprint density at radius 3 is 2.82 bits per heavy atom. The topological polar surface area (TPSA) is 79.4 Å². The lowest BCUT2D eigenvalue weighted by atomic mass is 9.82. The normalized spacial score (nSPS) is 18.3. The number of ether oxygens (including phenoxy) is 1. The molecule has 1 aromatic heterocycles. The fourth-order valence-electron chi connectivity index (χ4n) is 4.78. The van der Waals surface area contributed by atoms with Crippen LogP contribution in [-0.2, 0) is 16.8 Å². The van der Waals surface area contributed by atoms with Gasteiger partial charge in [0.2, 0.25) is 5.95 Å². The fourth-order valence-corrected chi connectivity index (χ4v) is 5.83. The van der Waals surface area contributed by atoms with Gasteiger partial charge in [-0.1, -0.05) is 24.3 Å². The molecule has 0 bridgehead atoms. The predicted molar refractivity (Wildman–Crippen MR) is 126 cm³/mol. The molecule has 9 heteroatoms. The van der Waals surface area contributed by atoms with E-state index in [1.165, 1.54) is 12.1 Å². The number of nitrogens with one attached hydrogen (secondary N) is 2. The molecule has 0 unspecified atom stereocenters. The number of carbonyl (C=O) groups excluding carboxylic acids is 1. The molecule has 6 rings (SSSR count). The van der Waals surface area contributed by atoms with Gasteiger partial charge < -0.3 is 15.0 Å².